The predicted molar refractivity (Wildman–Crippen MR) is 104 cm³/mol. The van der Waals surface area contributed by atoms with Gasteiger partial charge in [0.05, 0.1) is 12.2 Å². The van der Waals surface area contributed by atoms with Crippen molar-refractivity contribution in [1.82, 2.24) is 0 Å². The summed E-state index contributed by atoms with van der Waals surface area (Å²) in [6.07, 6.45) is 11.1. The largest absolute Gasteiger partial charge is 0.373 e. The lowest BCUT2D eigenvalue weighted by Crippen LogP contribution is -2.33. The zero-order valence-corrected chi connectivity index (χ0v) is 17.7. The molecular weight excluding hydrogens is 380 g/mol. The summed E-state index contributed by atoms with van der Waals surface area (Å²) in [5.41, 5.74) is 0. The fourth-order valence-corrected chi connectivity index (χ4v) is 4.39. The number of unbranched alkanes of at least 4 members (excludes halogenated alkanes) is 9. The lowest BCUT2D eigenvalue weighted by atomic mass is 10.0. The van der Waals surface area contributed by atoms with Crippen LogP contribution in [0.25, 0.3) is 0 Å². The maximum atomic E-state index is 11.0. The molecule has 1 atom stereocenters. The molecule has 0 aromatic rings. The van der Waals surface area contributed by atoms with Crippen molar-refractivity contribution in [3.63, 3.8) is 0 Å². The summed E-state index contributed by atoms with van der Waals surface area (Å²) < 4.78 is 67.0. The second kappa shape index (κ2) is 13.9. The minimum Gasteiger partial charge on any atom is -0.373 e. The molecule has 0 saturated carbocycles. The zero-order chi connectivity index (χ0) is 20.1. The predicted octanol–water partition coefficient (Wildman–Crippen LogP) is 3.85. The molecule has 0 aliphatic heterocycles. The van der Waals surface area contributed by atoms with E-state index in [-0.39, 0.29) is 6.10 Å². The topological polar surface area (TPSA) is 118 Å². The first-order valence-electron chi connectivity index (χ1n) is 9.59. The third kappa shape index (κ3) is 18.6. The molecule has 0 heterocycles. The van der Waals surface area contributed by atoms with Crippen molar-refractivity contribution in [3.8, 4) is 0 Å². The normalized spacial score (nSPS) is 14.0. The minimum absolute atomic E-state index is 0.349. The van der Waals surface area contributed by atoms with Crippen molar-refractivity contribution in [2.24, 2.45) is 0 Å². The molecule has 26 heavy (non-hydrogen) atoms. The summed E-state index contributed by atoms with van der Waals surface area (Å²) in [7, 11) is -8.77. The molecule has 0 aromatic heterocycles. The maximum absolute atomic E-state index is 11.0. The van der Waals surface area contributed by atoms with Crippen molar-refractivity contribution in [1.29, 1.82) is 0 Å². The molecule has 0 spiro atoms. The molecule has 1 unspecified atom stereocenters. The smallest absolute Gasteiger partial charge is 0.267 e. The van der Waals surface area contributed by atoms with Gasteiger partial charge in [-0.15, -0.1) is 0 Å². The van der Waals surface area contributed by atoms with Crippen LogP contribution in [0.4, 0.5) is 0 Å². The van der Waals surface area contributed by atoms with Crippen molar-refractivity contribution in [2.45, 2.75) is 96.7 Å². The van der Waals surface area contributed by atoms with E-state index in [9.17, 15) is 16.8 Å². The Bertz CT molecular complexity index is 509. The van der Waals surface area contributed by atoms with Gasteiger partial charge in [-0.1, -0.05) is 71.1 Å². The van der Waals surface area contributed by atoms with E-state index in [2.05, 4.69) is 6.92 Å². The van der Waals surface area contributed by atoms with E-state index in [1.165, 1.54) is 44.9 Å². The van der Waals surface area contributed by atoms with Crippen LogP contribution in [0.3, 0.4) is 0 Å². The van der Waals surface area contributed by atoms with Crippen molar-refractivity contribution in [3.05, 3.63) is 0 Å². The van der Waals surface area contributed by atoms with Gasteiger partial charge in [0.25, 0.3) is 20.2 Å². The molecule has 0 aliphatic rings. The Kier molecular flexibility index (Phi) is 13.8. The summed E-state index contributed by atoms with van der Waals surface area (Å²) >= 11 is 0. The highest BCUT2D eigenvalue weighted by molar-refractivity contribution is 7.86. The SMILES string of the molecule is CCCCCCCCCCCCC(C)OC(CS(=O)(=O)O)CS(=O)(=O)O. The zero-order valence-electron chi connectivity index (χ0n) is 16.1. The van der Waals surface area contributed by atoms with E-state index in [1.54, 1.807) is 6.92 Å². The first-order valence-corrected chi connectivity index (χ1v) is 12.8. The van der Waals surface area contributed by atoms with Crippen molar-refractivity contribution >= 4 is 20.2 Å². The van der Waals surface area contributed by atoms with Gasteiger partial charge in [-0.25, -0.2) is 0 Å². The Balaban J connectivity index is 3.93. The molecule has 0 aromatic carbocycles. The summed E-state index contributed by atoms with van der Waals surface area (Å²) in [6.45, 7) is 3.94. The van der Waals surface area contributed by atoms with Gasteiger partial charge in [-0.2, -0.15) is 16.8 Å². The Hall–Kier alpha value is -0.220. The van der Waals surface area contributed by atoms with Gasteiger partial charge in [-0.05, 0) is 13.3 Å². The van der Waals surface area contributed by atoms with Crippen LogP contribution in [-0.4, -0.2) is 49.7 Å². The summed E-state index contributed by atoms with van der Waals surface area (Å²) in [5, 5.41) is 0. The Morgan fingerprint density at radius 2 is 1.12 bits per heavy atom. The van der Waals surface area contributed by atoms with Gasteiger partial charge in [0.15, 0.2) is 0 Å². The van der Waals surface area contributed by atoms with E-state index in [4.69, 9.17) is 13.8 Å². The van der Waals surface area contributed by atoms with E-state index < -0.39 is 37.8 Å². The standard InChI is InChI=1S/C17H36O7S2/c1-3-4-5-6-7-8-9-10-11-12-13-16(2)24-17(14-25(18,19)20)15-26(21,22)23/h16-17H,3-15H2,1-2H3,(H,18,19,20)(H,21,22,23). The van der Waals surface area contributed by atoms with Crippen LogP contribution in [0.1, 0.15) is 84.5 Å². The van der Waals surface area contributed by atoms with Crippen LogP contribution in [0.15, 0.2) is 0 Å². The molecule has 0 amide bonds. The monoisotopic (exact) mass is 416 g/mol. The van der Waals surface area contributed by atoms with Gasteiger partial charge in [-0.3, -0.25) is 9.11 Å². The molecule has 158 valence electrons. The molecule has 0 aliphatic carbocycles. The average molecular weight is 417 g/mol. The first kappa shape index (κ1) is 25.8. The van der Waals surface area contributed by atoms with Crippen LogP contribution >= 0.6 is 0 Å². The van der Waals surface area contributed by atoms with E-state index in [0.29, 0.717) is 6.42 Å². The molecule has 9 heteroatoms. The Morgan fingerprint density at radius 3 is 1.50 bits per heavy atom. The van der Waals surface area contributed by atoms with Crippen LogP contribution < -0.4 is 0 Å². The Morgan fingerprint density at radius 1 is 0.731 bits per heavy atom. The van der Waals surface area contributed by atoms with E-state index in [0.717, 1.165) is 19.3 Å². The van der Waals surface area contributed by atoms with Crippen LogP contribution in [0, 0.1) is 0 Å². The van der Waals surface area contributed by atoms with Crippen LogP contribution in [-0.2, 0) is 25.0 Å². The van der Waals surface area contributed by atoms with Gasteiger partial charge in [0.1, 0.15) is 11.5 Å². The molecule has 0 fully saturated rings. The second-order valence-electron chi connectivity index (χ2n) is 7.04. The lowest BCUT2D eigenvalue weighted by Gasteiger charge is -2.20. The average Bonchev–Trinajstić information content (AvgIpc) is 2.45. The molecule has 0 rings (SSSR count). The molecule has 7 nitrogen and oxygen atoms in total. The Labute approximate surface area is 159 Å². The summed E-state index contributed by atoms with van der Waals surface area (Å²) in [6, 6.07) is 0. The lowest BCUT2D eigenvalue weighted by molar-refractivity contribution is 0.0152. The fourth-order valence-electron chi connectivity index (χ4n) is 2.91. The fraction of sp³-hybridized carbons (Fsp3) is 1.00. The molecule has 0 saturated heterocycles. The number of hydrogen-bond acceptors (Lipinski definition) is 5. The highest BCUT2D eigenvalue weighted by Gasteiger charge is 2.25. The second-order valence-corrected chi connectivity index (χ2v) is 10.0. The first-order chi connectivity index (χ1) is 12.0. The van der Waals surface area contributed by atoms with Crippen molar-refractivity contribution < 1.29 is 30.7 Å². The maximum Gasteiger partial charge on any atom is 0.267 e. The number of rotatable bonds is 17. The van der Waals surface area contributed by atoms with Gasteiger partial charge in [0.2, 0.25) is 0 Å². The number of hydrogen-bond donors (Lipinski definition) is 2. The molecule has 2 N–H and O–H groups in total. The van der Waals surface area contributed by atoms with Crippen LogP contribution in [0.2, 0.25) is 0 Å². The van der Waals surface area contributed by atoms with Crippen molar-refractivity contribution in [2.75, 3.05) is 11.5 Å². The van der Waals surface area contributed by atoms with E-state index in [1.807, 2.05) is 0 Å². The van der Waals surface area contributed by atoms with Gasteiger partial charge < -0.3 is 4.74 Å². The third-order valence-electron chi connectivity index (χ3n) is 4.18. The molecule has 0 bridgehead atoms. The highest BCUT2D eigenvalue weighted by atomic mass is 32.2. The summed E-state index contributed by atoms with van der Waals surface area (Å²) in [5.74, 6) is -1.70. The third-order valence-corrected chi connectivity index (χ3v) is 5.77. The van der Waals surface area contributed by atoms with Crippen LogP contribution in [0.5, 0.6) is 0 Å². The highest BCUT2D eigenvalue weighted by Crippen LogP contribution is 2.14. The molecular formula is C17H36O7S2. The van der Waals surface area contributed by atoms with Gasteiger partial charge >= 0.3 is 0 Å². The molecule has 0 radical (unpaired) electrons. The quantitative estimate of drug-likeness (QED) is 0.273. The van der Waals surface area contributed by atoms with Gasteiger partial charge in [0, 0.05) is 0 Å². The summed E-state index contributed by atoms with van der Waals surface area (Å²) in [4.78, 5) is 0. The minimum atomic E-state index is -4.39. The number of ether oxygens (including phenoxy) is 1. The van der Waals surface area contributed by atoms with E-state index >= 15 is 0 Å².